The molecule has 1 saturated heterocycles. The van der Waals surface area contributed by atoms with Gasteiger partial charge in [-0.3, -0.25) is 9.59 Å². The molecule has 1 heterocycles. The highest BCUT2D eigenvalue weighted by atomic mass is 16.7. The molecule has 1 aliphatic rings. The van der Waals surface area contributed by atoms with E-state index in [1.165, 1.54) is 89.9 Å². The lowest BCUT2D eigenvalue weighted by molar-refractivity contribution is -0.305. The van der Waals surface area contributed by atoms with Crippen molar-refractivity contribution < 1.29 is 49.3 Å². The molecule has 0 spiro atoms. The first-order chi connectivity index (χ1) is 37.7. The van der Waals surface area contributed by atoms with Gasteiger partial charge in [0.15, 0.2) is 12.4 Å². The SMILES string of the molecule is CC/C=C/C=C/C=C\C=C/CCCCC(O)C(=O)NC(COC1OC(CO)C(O)C(O)C1OC(=O)CCCCCCCCCCC/C=C\C/C=C\C/C=C\C/C=C\CCCCC)C(O)/C=C/CCCCCCCCCCC. The van der Waals surface area contributed by atoms with Crippen molar-refractivity contribution >= 4 is 11.9 Å². The van der Waals surface area contributed by atoms with E-state index in [4.69, 9.17) is 14.2 Å². The zero-order valence-corrected chi connectivity index (χ0v) is 48.5. The van der Waals surface area contributed by atoms with Crippen molar-refractivity contribution in [3.05, 3.63) is 109 Å². The standard InChI is InChI=1S/C66H111NO10/c1-4-7-10-13-16-19-22-24-25-26-27-28-29-30-31-32-33-34-35-36-39-42-45-48-51-54-61(71)77-64-63(73)62(72)60(55-68)76-66(64)75-56-57(58(69)52-49-46-43-40-37-21-18-15-12-9-6-3)67-65(74)59(70)53-50-47-44-41-38-23-20-17-14-11-8-5-2/h8,11,14,16-17,19-20,23-25,27-28,30-31,38,41,49,52,57-60,62-64,66,68-70,72-73H,4-7,9-10,12-13,15,18,21-22,26,29,32-37,39-40,42-48,50-51,53-56H2,1-3H3,(H,67,74)/b11-8+,17-14+,19-16-,23-20-,25-24-,28-27-,31-30-,41-38-,52-49+. The highest BCUT2D eigenvalue weighted by molar-refractivity contribution is 5.80. The van der Waals surface area contributed by atoms with E-state index in [1.54, 1.807) is 6.08 Å². The summed E-state index contributed by atoms with van der Waals surface area (Å²) in [7, 11) is 0. The summed E-state index contributed by atoms with van der Waals surface area (Å²) in [5.74, 6) is -1.25. The first kappa shape index (κ1) is 71.3. The highest BCUT2D eigenvalue weighted by Crippen LogP contribution is 2.26. The summed E-state index contributed by atoms with van der Waals surface area (Å²) in [6.45, 7) is 5.56. The number of hydrogen-bond donors (Lipinski definition) is 6. The first-order valence-corrected chi connectivity index (χ1v) is 30.7. The predicted molar refractivity (Wildman–Crippen MR) is 319 cm³/mol. The Morgan fingerprint density at radius 3 is 1.55 bits per heavy atom. The number of carbonyl (C=O) groups is 2. The van der Waals surface area contributed by atoms with Crippen LogP contribution in [0.4, 0.5) is 0 Å². The summed E-state index contributed by atoms with van der Waals surface area (Å²) in [5, 5.41) is 56.8. The van der Waals surface area contributed by atoms with Crippen LogP contribution in [-0.4, -0.2) is 99.6 Å². The fraction of sp³-hybridized carbons (Fsp3) is 0.697. The second-order valence-corrected chi connectivity index (χ2v) is 20.8. The lowest BCUT2D eigenvalue weighted by atomic mass is 9.99. The van der Waals surface area contributed by atoms with Crippen molar-refractivity contribution in [1.29, 1.82) is 0 Å². The molecule has 1 amide bonds. The summed E-state index contributed by atoms with van der Waals surface area (Å²) in [4.78, 5) is 26.5. The van der Waals surface area contributed by atoms with E-state index in [0.29, 0.717) is 12.8 Å². The van der Waals surface area contributed by atoms with Gasteiger partial charge in [-0.05, 0) is 89.9 Å². The largest absolute Gasteiger partial charge is 0.454 e. The number of rotatable bonds is 50. The van der Waals surface area contributed by atoms with Gasteiger partial charge in [0.25, 0.3) is 0 Å². The number of amides is 1. The number of aliphatic hydroxyl groups excluding tert-OH is 5. The van der Waals surface area contributed by atoms with E-state index >= 15 is 0 Å². The van der Waals surface area contributed by atoms with Crippen LogP contribution in [0, 0.1) is 0 Å². The Hall–Kier alpha value is -3.68. The van der Waals surface area contributed by atoms with E-state index in [2.05, 4.69) is 80.8 Å². The molecule has 1 rings (SSSR count). The summed E-state index contributed by atoms with van der Waals surface area (Å²) in [5.41, 5.74) is 0. The minimum absolute atomic E-state index is 0.105. The van der Waals surface area contributed by atoms with Crippen LogP contribution in [0.2, 0.25) is 0 Å². The minimum Gasteiger partial charge on any atom is -0.454 e. The molecule has 6 N–H and O–H groups in total. The molecule has 0 aromatic rings. The Morgan fingerprint density at radius 2 is 0.987 bits per heavy atom. The van der Waals surface area contributed by atoms with Crippen LogP contribution < -0.4 is 5.32 Å². The van der Waals surface area contributed by atoms with Crippen LogP contribution in [0.5, 0.6) is 0 Å². The number of ether oxygens (including phenoxy) is 3. The summed E-state index contributed by atoms with van der Waals surface area (Å²) >= 11 is 0. The number of carbonyl (C=O) groups excluding carboxylic acids is 2. The maximum absolute atomic E-state index is 13.3. The molecule has 11 nitrogen and oxygen atoms in total. The summed E-state index contributed by atoms with van der Waals surface area (Å²) in [6.07, 6.45) is 61.4. The number of allylic oxidation sites excluding steroid dienone is 17. The molecular formula is C66H111NO10. The van der Waals surface area contributed by atoms with Crippen molar-refractivity contribution in [1.82, 2.24) is 5.32 Å². The van der Waals surface area contributed by atoms with Crippen LogP contribution in [0.25, 0.3) is 0 Å². The number of unbranched alkanes of at least 4 members (excludes halogenated alkanes) is 23. The summed E-state index contributed by atoms with van der Waals surface area (Å²) in [6, 6.07) is -1.05. The number of esters is 1. The quantitative estimate of drug-likeness (QED) is 0.0149. The molecule has 11 heteroatoms. The van der Waals surface area contributed by atoms with Crippen LogP contribution in [0.1, 0.15) is 233 Å². The van der Waals surface area contributed by atoms with Crippen LogP contribution in [0.3, 0.4) is 0 Å². The van der Waals surface area contributed by atoms with Crippen LogP contribution >= 0.6 is 0 Å². The van der Waals surface area contributed by atoms with E-state index < -0.39 is 67.4 Å². The fourth-order valence-electron chi connectivity index (χ4n) is 8.88. The van der Waals surface area contributed by atoms with Crippen molar-refractivity contribution in [2.75, 3.05) is 13.2 Å². The van der Waals surface area contributed by atoms with Gasteiger partial charge in [0.1, 0.15) is 24.4 Å². The number of nitrogens with one attached hydrogen (secondary N) is 1. The molecule has 0 aromatic carbocycles. The predicted octanol–water partition coefficient (Wildman–Crippen LogP) is 14.5. The van der Waals surface area contributed by atoms with Crippen molar-refractivity contribution in [3.8, 4) is 0 Å². The maximum atomic E-state index is 13.3. The topological polar surface area (TPSA) is 175 Å². The normalized spacial score (nSPS) is 19.8. The maximum Gasteiger partial charge on any atom is 0.306 e. The Morgan fingerprint density at radius 1 is 0.532 bits per heavy atom. The zero-order valence-electron chi connectivity index (χ0n) is 48.5. The molecule has 1 fully saturated rings. The molecule has 0 bridgehead atoms. The molecule has 0 saturated carbocycles. The molecule has 440 valence electrons. The monoisotopic (exact) mass is 1080 g/mol. The van der Waals surface area contributed by atoms with E-state index in [9.17, 15) is 35.1 Å². The Labute approximate surface area is 468 Å². The van der Waals surface area contributed by atoms with Gasteiger partial charge in [0.2, 0.25) is 5.91 Å². The molecule has 8 unspecified atom stereocenters. The third kappa shape index (κ3) is 41.1. The second kappa shape index (κ2) is 53.0. The third-order valence-corrected chi connectivity index (χ3v) is 13.8. The number of aliphatic hydroxyl groups is 5. The Balaban J connectivity index is 2.62. The Kier molecular flexibility index (Phi) is 49.1. The second-order valence-electron chi connectivity index (χ2n) is 20.8. The van der Waals surface area contributed by atoms with Gasteiger partial charge in [0.05, 0.1) is 25.4 Å². The zero-order chi connectivity index (χ0) is 56.1. The van der Waals surface area contributed by atoms with E-state index in [0.717, 1.165) is 96.3 Å². The Bertz CT molecular complexity index is 1660. The molecule has 0 radical (unpaired) electrons. The lowest BCUT2D eigenvalue weighted by Gasteiger charge is -2.41. The van der Waals surface area contributed by atoms with Gasteiger partial charge in [-0.15, -0.1) is 0 Å². The van der Waals surface area contributed by atoms with Crippen molar-refractivity contribution in [2.24, 2.45) is 0 Å². The molecule has 0 aliphatic carbocycles. The minimum atomic E-state index is -1.63. The van der Waals surface area contributed by atoms with E-state index in [-0.39, 0.29) is 19.4 Å². The van der Waals surface area contributed by atoms with Crippen LogP contribution in [0.15, 0.2) is 109 Å². The smallest absolute Gasteiger partial charge is 0.306 e. The van der Waals surface area contributed by atoms with Crippen LogP contribution in [-0.2, 0) is 23.8 Å². The van der Waals surface area contributed by atoms with Gasteiger partial charge >= 0.3 is 5.97 Å². The summed E-state index contributed by atoms with van der Waals surface area (Å²) < 4.78 is 17.6. The van der Waals surface area contributed by atoms with Gasteiger partial charge < -0.3 is 45.1 Å². The van der Waals surface area contributed by atoms with Gasteiger partial charge in [0, 0.05) is 6.42 Å². The van der Waals surface area contributed by atoms with Gasteiger partial charge in [-0.25, -0.2) is 0 Å². The molecule has 77 heavy (non-hydrogen) atoms. The van der Waals surface area contributed by atoms with Crippen molar-refractivity contribution in [3.63, 3.8) is 0 Å². The first-order valence-electron chi connectivity index (χ1n) is 30.7. The lowest BCUT2D eigenvalue weighted by Crippen LogP contribution is -2.61. The third-order valence-electron chi connectivity index (χ3n) is 13.8. The average molecular weight is 1080 g/mol. The average Bonchev–Trinajstić information content (AvgIpc) is 3.43. The molecule has 1 aliphatic heterocycles. The molecule has 0 aromatic heterocycles. The van der Waals surface area contributed by atoms with Gasteiger partial charge in [-0.1, -0.05) is 246 Å². The fourth-order valence-corrected chi connectivity index (χ4v) is 8.88. The van der Waals surface area contributed by atoms with Crippen molar-refractivity contribution in [2.45, 2.75) is 282 Å². The molecular weight excluding hydrogens is 967 g/mol. The van der Waals surface area contributed by atoms with E-state index in [1.807, 2.05) is 48.6 Å². The van der Waals surface area contributed by atoms with Gasteiger partial charge in [-0.2, -0.15) is 0 Å². The highest BCUT2D eigenvalue weighted by Gasteiger charge is 2.47. The number of hydrogen-bond acceptors (Lipinski definition) is 10. The molecule has 8 atom stereocenters.